The molecule has 0 aliphatic carbocycles. The smallest absolute Gasteiger partial charge is 0.242 e. The minimum absolute atomic E-state index is 0.112. The zero-order valence-electron chi connectivity index (χ0n) is 9.51. The van der Waals surface area contributed by atoms with Gasteiger partial charge in [0.2, 0.25) is 11.9 Å². The zero-order chi connectivity index (χ0) is 13.0. The summed E-state index contributed by atoms with van der Waals surface area (Å²) >= 11 is 3.35. The van der Waals surface area contributed by atoms with Crippen molar-refractivity contribution in [3.05, 3.63) is 40.6 Å². The monoisotopic (exact) mass is 309 g/mol. The molecule has 0 bridgehead atoms. The molecule has 7 heteroatoms. The van der Waals surface area contributed by atoms with Crippen LogP contribution in [0.1, 0.15) is 5.56 Å². The molecule has 3 N–H and O–H groups in total. The maximum Gasteiger partial charge on any atom is 0.242 e. The zero-order valence-corrected chi connectivity index (χ0v) is 11.1. The maximum atomic E-state index is 11.6. The first-order chi connectivity index (χ1) is 8.63. The van der Waals surface area contributed by atoms with Crippen molar-refractivity contribution < 1.29 is 4.79 Å². The molecule has 1 aromatic heterocycles. The minimum atomic E-state index is -0.136. The highest BCUT2D eigenvalue weighted by Gasteiger charge is 2.04. The van der Waals surface area contributed by atoms with Gasteiger partial charge in [-0.25, -0.2) is 9.67 Å². The van der Waals surface area contributed by atoms with Crippen LogP contribution < -0.4 is 11.1 Å². The number of nitrogens with one attached hydrogen (secondary N) is 1. The van der Waals surface area contributed by atoms with E-state index in [-0.39, 0.29) is 18.4 Å². The van der Waals surface area contributed by atoms with Crippen LogP contribution in [-0.2, 0) is 17.9 Å². The molecule has 94 valence electrons. The van der Waals surface area contributed by atoms with Crippen LogP contribution in [0.4, 0.5) is 5.95 Å². The summed E-state index contributed by atoms with van der Waals surface area (Å²) < 4.78 is 2.40. The predicted molar refractivity (Wildman–Crippen MR) is 70.4 cm³/mol. The first-order valence-corrected chi connectivity index (χ1v) is 6.09. The van der Waals surface area contributed by atoms with Crippen LogP contribution in [0.3, 0.4) is 0 Å². The van der Waals surface area contributed by atoms with Crippen molar-refractivity contribution in [2.24, 2.45) is 0 Å². The number of carbonyl (C=O) groups excluding carboxylic acids is 1. The lowest BCUT2D eigenvalue weighted by Gasteiger charge is -2.05. The van der Waals surface area contributed by atoms with E-state index >= 15 is 0 Å². The molecular formula is C11H12BrN5O. The topological polar surface area (TPSA) is 85.8 Å². The van der Waals surface area contributed by atoms with Crippen LogP contribution in [0, 0.1) is 0 Å². The van der Waals surface area contributed by atoms with Crippen LogP contribution in [0.2, 0.25) is 0 Å². The van der Waals surface area contributed by atoms with Gasteiger partial charge < -0.3 is 11.1 Å². The summed E-state index contributed by atoms with van der Waals surface area (Å²) in [5.41, 5.74) is 6.39. The van der Waals surface area contributed by atoms with Crippen LogP contribution >= 0.6 is 15.9 Å². The molecule has 2 aromatic rings. The molecule has 0 atom stereocenters. The molecule has 6 nitrogen and oxygen atoms in total. The highest BCUT2D eigenvalue weighted by atomic mass is 79.9. The first kappa shape index (κ1) is 12.6. The summed E-state index contributed by atoms with van der Waals surface area (Å²) in [4.78, 5) is 15.4. The fraction of sp³-hybridized carbons (Fsp3) is 0.182. The van der Waals surface area contributed by atoms with E-state index in [4.69, 9.17) is 5.73 Å². The lowest BCUT2D eigenvalue weighted by Crippen LogP contribution is -2.27. The molecule has 0 radical (unpaired) electrons. The molecule has 18 heavy (non-hydrogen) atoms. The number of carbonyl (C=O) groups is 1. The second kappa shape index (κ2) is 5.63. The Kier molecular flexibility index (Phi) is 3.93. The van der Waals surface area contributed by atoms with Gasteiger partial charge >= 0.3 is 0 Å². The first-order valence-electron chi connectivity index (χ1n) is 5.29. The van der Waals surface area contributed by atoms with E-state index in [1.54, 1.807) is 0 Å². The normalized spacial score (nSPS) is 10.3. The molecule has 2 rings (SSSR count). The van der Waals surface area contributed by atoms with E-state index in [2.05, 4.69) is 31.3 Å². The van der Waals surface area contributed by atoms with Crippen molar-refractivity contribution in [3.8, 4) is 0 Å². The third kappa shape index (κ3) is 3.56. The minimum Gasteiger partial charge on any atom is -0.367 e. The van der Waals surface area contributed by atoms with Crippen LogP contribution in [0.5, 0.6) is 0 Å². The average Bonchev–Trinajstić information content (AvgIpc) is 2.74. The lowest BCUT2D eigenvalue weighted by molar-refractivity contribution is -0.122. The molecule has 0 fully saturated rings. The molecule has 0 saturated carbocycles. The lowest BCUT2D eigenvalue weighted by atomic mass is 10.2. The van der Waals surface area contributed by atoms with Crippen LogP contribution in [0.15, 0.2) is 35.1 Å². The molecule has 0 aliphatic rings. The molecule has 0 aliphatic heterocycles. The number of amides is 1. The second-order valence-electron chi connectivity index (χ2n) is 3.70. The average molecular weight is 310 g/mol. The summed E-state index contributed by atoms with van der Waals surface area (Å²) in [6, 6.07) is 7.74. The van der Waals surface area contributed by atoms with E-state index in [1.165, 1.54) is 11.0 Å². The maximum absolute atomic E-state index is 11.6. The van der Waals surface area contributed by atoms with E-state index in [0.29, 0.717) is 6.54 Å². The number of benzene rings is 1. The third-order valence-electron chi connectivity index (χ3n) is 2.26. The van der Waals surface area contributed by atoms with Crippen molar-refractivity contribution in [1.82, 2.24) is 20.1 Å². The number of nitrogens with zero attached hydrogens (tertiary/aromatic N) is 3. The van der Waals surface area contributed by atoms with E-state index < -0.39 is 0 Å². The van der Waals surface area contributed by atoms with Gasteiger partial charge in [-0.1, -0.05) is 28.1 Å². The summed E-state index contributed by atoms with van der Waals surface area (Å²) in [6.45, 7) is 0.594. The number of aromatic nitrogens is 3. The number of hydrogen-bond acceptors (Lipinski definition) is 4. The molecule has 0 spiro atoms. The predicted octanol–water partition coefficient (Wildman–Crippen LogP) is 0.939. The van der Waals surface area contributed by atoms with Crippen molar-refractivity contribution in [2.45, 2.75) is 13.1 Å². The Balaban J connectivity index is 1.83. The molecule has 0 saturated heterocycles. The van der Waals surface area contributed by atoms with Gasteiger partial charge in [0.15, 0.2) is 0 Å². The SMILES string of the molecule is Nc1ncn(CC(=O)NCc2ccc(Br)cc2)n1. The Morgan fingerprint density at radius 1 is 1.39 bits per heavy atom. The van der Waals surface area contributed by atoms with Crippen LogP contribution in [0.25, 0.3) is 0 Å². The Bertz CT molecular complexity index is 537. The fourth-order valence-electron chi connectivity index (χ4n) is 1.39. The standard InChI is InChI=1S/C11H12BrN5O/c12-9-3-1-8(2-4-9)5-14-10(18)6-17-7-15-11(13)16-17/h1-4,7H,5-6H2,(H2,13,16)(H,14,18). The fourth-order valence-corrected chi connectivity index (χ4v) is 1.66. The van der Waals surface area contributed by atoms with Crippen molar-refractivity contribution in [2.75, 3.05) is 5.73 Å². The number of hydrogen-bond donors (Lipinski definition) is 2. The highest BCUT2D eigenvalue weighted by Crippen LogP contribution is 2.10. The van der Waals surface area contributed by atoms with E-state index in [1.807, 2.05) is 24.3 Å². The van der Waals surface area contributed by atoms with Gasteiger partial charge in [-0.3, -0.25) is 4.79 Å². The van der Waals surface area contributed by atoms with Gasteiger partial charge in [-0.05, 0) is 17.7 Å². The quantitative estimate of drug-likeness (QED) is 0.880. The van der Waals surface area contributed by atoms with E-state index in [0.717, 1.165) is 10.0 Å². The van der Waals surface area contributed by atoms with Gasteiger partial charge in [0.25, 0.3) is 0 Å². The summed E-state index contributed by atoms with van der Waals surface area (Å²) in [7, 11) is 0. The third-order valence-corrected chi connectivity index (χ3v) is 2.79. The van der Waals surface area contributed by atoms with Gasteiger partial charge in [-0.15, -0.1) is 5.10 Å². The van der Waals surface area contributed by atoms with Crippen LogP contribution in [-0.4, -0.2) is 20.7 Å². The summed E-state index contributed by atoms with van der Waals surface area (Å²) in [5, 5.41) is 6.63. The number of rotatable bonds is 4. The van der Waals surface area contributed by atoms with Gasteiger partial charge in [0.05, 0.1) is 0 Å². The van der Waals surface area contributed by atoms with Gasteiger partial charge in [-0.2, -0.15) is 0 Å². The Morgan fingerprint density at radius 3 is 2.72 bits per heavy atom. The number of nitrogen functional groups attached to an aromatic ring is 1. The largest absolute Gasteiger partial charge is 0.367 e. The summed E-state index contributed by atoms with van der Waals surface area (Å²) in [6.07, 6.45) is 1.43. The van der Waals surface area contributed by atoms with Crippen molar-refractivity contribution >= 4 is 27.8 Å². The molecule has 1 amide bonds. The molecular weight excluding hydrogens is 298 g/mol. The van der Waals surface area contributed by atoms with Gasteiger partial charge in [0.1, 0.15) is 12.9 Å². The Morgan fingerprint density at radius 2 is 2.11 bits per heavy atom. The highest BCUT2D eigenvalue weighted by molar-refractivity contribution is 9.10. The number of halogens is 1. The Hall–Kier alpha value is -1.89. The van der Waals surface area contributed by atoms with E-state index in [9.17, 15) is 4.79 Å². The van der Waals surface area contributed by atoms with Gasteiger partial charge in [0, 0.05) is 11.0 Å². The summed E-state index contributed by atoms with van der Waals surface area (Å²) in [5.74, 6) is 0.0264. The number of nitrogens with two attached hydrogens (primary N) is 1. The molecule has 1 heterocycles. The molecule has 0 unspecified atom stereocenters. The Labute approximate surface area is 112 Å². The molecule has 1 aromatic carbocycles. The van der Waals surface area contributed by atoms with Crippen molar-refractivity contribution in [1.29, 1.82) is 0 Å². The van der Waals surface area contributed by atoms with Crippen molar-refractivity contribution in [3.63, 3.8) is 0 Å². The second-order valence-corrected chi connectivity index (χ2v) is 4.62. The number of anilines is 1.